The first-order valence-electron chi connectivity index (χ1n) is 7.25. The largest absolute Gasteiger partial charge is 0.385 e. The number of amides is 1. The predicted molar refractivity (Wildman–Crippen MR) is 84.7 cm³/mol. The number of fused-ring (bicyclic) bond motifs is 1. The van der Waals surface area contributed by atoms with E-state index >= 15 is 0 Å². The average molecular weight is 287 g/mol. The number of nitrogens with zero attached hydrogens (tertiary/aromatic N) is 1. The summed E-state index contributed by atoms with van der Waals surface area (Å²) in [5, 5.41) is 7.11. The zero-order chi connectivity index (χ0) is 15.1. The van der Waals surface area contributed by atoms with Gasteiger partial charge in [0.05, 0.1) is 12.1 Å². The summed E-state index contributed by atoms with van der Waals surface area (Å²) in [6, 6.07) is 9.58. The highest BCUT2D eigenvalue weighted by atomic mass is 16.5. The second-order valence-electron chi connectivity index (χ2n) is 4.56. The molecule has 0 spiro atoms. The van der Waals surface area contributed by atoms with Crippen molar-refractivity contribution in [3.8, 4) is 0 Å². The summed E-state index contributed by atoms with van der Waals surface area (Å²) in [7, 11) is 0. The van der Waals surface area contributed by atoms with Crippen molar-refractivity contribution >= 4 is 22.5 Å². The van der Waals surface area contributed by atoms with E-state index in [0.29, 0.717) is 25.5 Å². The molecule has 0 aliphatic heterocycles. The molecule has 2 rings (SSSR count). The number of carbonyl (C=O) groups is 1. The van der Waals surface area contributed by atoms with Crippen LogP contribution >= 0.6 is 0 Å². The average Bonchev–Trinajstić information content (AvgIpc) is 2.51. The van der Waals surface area contributed by atoms with Crippen LogP contribution in [-0.2, 0) is 4.74 Å². The van der Waals surface area contributed by atoms with Gasteiger partial charge in [-0.05, 0) is 26.0 Å². The van der Waals surface area contributed by atoms with Gasteiger partial charge in [-0.2, -0.15) is 0 Å². The molecule has 1 amide bonds. The molecule has 0 atom stereocenters. The quantitative estimate of drug-likeness (QED) is 0.768. The van der Waals surface area contributed by atoms with E-state index in [1.165, 1.54) is 0 Å². The normalized spacial score (nSPS) is 10.6. The van der Waals surface area contributed by atoms with Gasteiger partial charge in [-0.25, -0.2) is 4.98 Å². The molecule has 5 nitrogen and oxygen atoms in total. The van der Waals surface area contributed by atoms with Crippen molar-refractivity contribution in [1.82, 2.24) is 10.3 Å². The van der Waals surface area contributed by atoms with Crippen LogP contribution in [0.1, 0.15) is 24.3 Å². The molecule has 0 unspecified atom stereocenters. The maximum atomic E-state index is 12.2. The van der Waals surface area contributed by atoms with E-state index in [-0.39, 0.29) is 5.91 Å². The number of pyridine rings is 1. The number of para-hydroxylation sites is 1. The number of aromatic nitrogens is 1. The van der Waals surface area contributed by atoms with Gasteiger partial charge in [0.25, 0.3) is 5.91 Å². The van der Waals surface area contributed by atoms with Crippen LogP contribution in [0.3, 0.4) is 0 Å². The van der Waals surface area contributed by atoms with E-state index < -0.39 is 0 Å². The summed E-state index contributed by atoms with van der Waals surface area (Å²) in [6.45, 7) is 6.38. The van der Waals surface area contributed by atoms with Gasteiger partial charge >= 0.3 is 0 Å². The van der Waals surface area contributed by atoms with E-state index in [1.807, 2.05) is 38.1 Å². The fourth-order valence-corrected chi connectivity index (χ4v) is 2.10. The topological polar surface area (TPSA) is 63.2 Å². The molecule has 5 heteroatoms. The molecule has 0 aliphatic rings. The van der Waals surface area contributed by atoms with Gasteiger partial charge in [0, 0.05) is 30.8 Å². The SMILES string of the molecule is CCNc1cc(C(=O)NCCOCC)nc2ccccc12. The smallest absolute Gasteiger partial charge is 0.270 e. The second kappa shape index (κ2) is 7.59. The number of ether oxygens (including phenoxy) is 1. The molecule has 2 N–H and O–H groups in total. The van der Waals surface area contributed by atoms with Gasteiger partial charge in [-0.1, -0.05) is 18.2 Å². The molecule has 1 aromatic heterocycles. The Hall–Kier alpha value is -2.14. The van der Waals surface area contributed by atoms with Crippen molar-refractivity contribution < 1.29 is 9.53 Å². The Morgan fingerprint density at radius 1 is 1.29 bits per heavy atom. The Balaban J connectivity index is 2.21. The highest BCUT2D eigenvalue weighted by molar-refractivity contribution is 5.99. The van der Waals surface area contributed by atoms with Crippen LogP contribution in [0.25, 0.3) is 10.9 Å². The lowest BCUT2D eigenvalue weighted by Gasteiger charge is -2.11. The minimum Gasteiger partial charge on any atom is -0.385 e. The van der Waals surface area contributed by atoms with Crippen LogP contribution in [0.4, 0.5) is 5.69 Å². The molecule has 0 aliphatic carbocycles. The maximum Gasteiger partial charge on any atom is 0.270 e. The molecule has 0 fully saturated rings. The van der Waals surface area contributed by atoms with Crippen molar-refractivity contribution in [2.45, 2.75) is 13.8 Å². The first-order chi connectivity index (χ1) is 10.3. The first-order valence-corrected chi connectivity index (χ1v) is 7.25. The lowest BCUT2D eigenvalue weighted by molar-refractivity contribution is 0.0918. The zero-order valence-corrected chi connectivity index (χ0v) is 12.5. The van der Waals surface area contributed by atoms with Crippen LogP contribution in [0.15, 0.2) is 30.3 Å². The molecule has 0 radical (unpaired) electrons. The summed E-state index contributed by atoms with van der Waals surface area (Å²) in [5.74, 6) is -0.181. The number of benzene rings is 1. The third-order valence-corrected chi connectivity index (χ3v) is 3.05. The maximum absolute atomic E-state index is 12.2. The van der Waals surface area contributed by atoms with E-state index in [2.05, 4.69) is 15.6 Å². The standard InChI is InChI=1S/C16H21N3O2/c1-3-17-14-11-15(16(20)18-9-10-21-4-2)19-13-8-6-5-7-12(13)14/h5-8,11H,3-4,9-10H2,1-2H3,(H,17,19)(H,18,20). The fourth-order valence-electron chi connectivity index (χ4n) is 2.10. The van der Waals surface area contributed by atoms with E-state index in [0.717, 1.165) is 23.1 Å². The fraction of sp³-hybridized carbons (Fsp3) is 0.375. The van der Waals surface area contributed by atoms with E-state index in [9.17, 15) is 4.79 Å². The molecule has 1 aromatic carbocycles. The van der Waals surface area contributed by atoms with Crippen molar-refractivity contribution in [1.29, 1.82) is 0 Å². The number of anilines is 1. The Bertz CT molecular complexity index is 613. The summed E-state index contributed by atoms with van der Waals surface area (Å²) in [4.78, 5) is 16.6. The molecule has 112 valence electrons. The molecule has 0 saturated carbocycles. The van der Waals surface area contributed by atoms with Gasteiger partial charge in [0.15, 0.2) is 0 Å². The van der Waals surface area contributed by atoms with E-state index in [4.69, 9.17) is 4.74 Å². The third kappa shape index (κ3) is 3.92. The molecule has 0 bridgehead atoms. The van der Waals surface area contributed by atoms with Crippen LogP contribution in [-0.4, -0.2) is 37.2 Å². The van der Waals surface area contributed by atoms with Crippen LogP contribution in [0.2, 0.25) is 0 Å². The van der Waals surface area contributed by atoms with Crippen molar-refractivity contribution in [3.05, 3.63) is 36.0 Å². The van der Waals surface area contributed by atoms with E-state index in [1.54, 1.807) is 6.07 Å². The van der Waals surface area contributed by atoms with Gasteiger partial charge in [0.1, 0.15) is 5.69 Å². The van der Waals surface area contributed by atoms with Gasteiger partial charge in [-0.3, -0.25) is 4.79 Å². The highest BCUT2D eigenvalue weighted by Gasteiger charge is 2.11. The van der Waals surface area contributed by atoms with Crippen LogP contribution in [0.5, 0.6) is 0 Å². The number of nitrogens with one attached hydrogen (secondary N) is 2. The van der Waals surface area contributed by atoms with Gasteiger partial charge in [-0.15, -0.1) is 0 Å². The van der Waals surface area contributed by atoms with Crippen molar-refractivity contribution in [3.63, 3.8) is 0 Å². The minimum atomic E-state index is -0.181. The monoisotopic (exact) mass is 287 g/mol. The highest BCUT2D eigenvalue weighted by Crippen LogP contribution is 2.22. The lowest BCUT2D eigenvalue weighted by atomic mass is 10.1. The van der Waals surface area contributed by atoms with Gasteiger partial charge in [0.2, 0.25) is 0 Å². The Morgan fingerprint density at radius 2 is 2.10 bits per heavy atom. The summed E-state index contributed by atoms with van der Waals surface area (Å²) < 4.78 is 5.20. The van der Waals surface area contributed by atoms with Crippen LogP contribution < -0.4 is 10.6 Å². The number of hydrogen-bond donors (Lipinski definition) is 2. The van der Waals surface area contributed by atoms with Crippen LogP contribution in [0, 0.1) is 0 Å². The number of carbonyl (C=O) groups excluding carboxylic acids is 1. The summed E-state index contributed by atoms with van der Waals surface area (Å²) >= 11 is 0. The minimum absolute atomic E-state index is 0.181. The summed E-state index contributed by atoms with van der Waals surface area (Å²) in [5.41, 5.74) is 2.16. The van der Waals surface area contributed by atoms with Crippen molar-refractivity contribution in [2.75, 3.05) is 31.6 Å². The second-order valence-corrected chi connectivity index (χ2v) is 4.56. The Morgan fingerprint density at radius 3 is 2.86 bits per heavy atom. The molecular weight excluding hydrogens is 266 g/mol. The molecule has 0 saturated heterocycles. The van der Waals surface area contributed by atoms with Gasteiger partial charge < -0.3 is 15.4 Å². The molecule has 21 heavy (non-hydrogen) atoms. The Kier molecular flexibility index (Phi) is 5.51. The van der Waals surface area contributed by atoms with Crippen molar-refractivity contribution in [2.24, 2.45) is 0 Å². The first kappa shape index (κ1) is 15.3. The molecule has 1 heterocycles. The Labute approximate surface area is 124 Å². The number of rotatable bonds is 7. The summed E-state index contributed by atoms with van der Waals surface area (Å²) in [6.07, 6.45) is 0. The molecular formula is C16H21N3O2. The predicted octanol–water partition coefficient (Wildman–Crippen LogP) is 2.43. The third-order valence-electron chi connectivity index (χ3n) is 3.05. The zero-order valence-electron chi connectivity index (χ0n) is 12.5. The lowest BCUT2D eigenvalue weighted by Crippen LogP contribution is -2.28. The molecule has 2 aromatic rings. The number of hydrogen-bond acceptors (Lipinski definition) is 4.